The first kappa shape index (κ1) is 15.7. The molecule has 2 rings (SSSR count). The van der Waals surface area contributed by atoms with Crippen LogP contribution in [0.2, 0.25) is 0 Å². The molecule has 1 aromatic rings. The van der Waals surface area contributed by atoms with E-state index in [1.807, 2.05) is 11.8 Å². The second-order valence-electron chi connectivity index (χ2n) is 5.02. The van der Waals surface area contributed by atoms with Gasteiger partial charge in [0.2, 0.25) is 0 Å². The van der Waals surface area contributed by atoms with Crippen molar-refractivity contribution in [2.24, 2.45) is 0 Å². The first-order valence-electron chi connectivity index (χ1n) is 7.10. The standard InChI is InChI=1S/C15H20N2O3S/c18-14(19)12-5-3-11(4-6-12)7-8-16-15(20)17-10-13-2-1-9-21-13/h3-6,13H,1-2,7-10H2,(H,18,19)(H2,16,17,20). The van der Waals surface area contributed by atoms with Gasteiger partial charge in [-0.3, -0.25) is 0 Å². The maximum atomic E-state index is 11.6. The van der Waals surface area contributed by atoms with Crippen LogP contribution in [-0.4, -0.2) is 41.2 Å². The Balaban J connectivity index is 1.63. The van der Waals surface area contributed by atoms with Crippen LogP contribution in [0.1, 0.15) is 28.8 Å². The summed E-state index contributed by atoms with van der Waals surface area (Å²) in [6.45, 7) is 1.26. The maximum Gasteiger partial charge on any atom is 0.335 e. The van der Waals surface area contributed by atoms with Gasteiger partial charge in [-0.1, -0.05) is 12.1 Å². The summed E-state index contributed by atoms with van der Waals surface area (Å²) in [5.74, 6) is 0.268. The maximum absolute atomic E-state index is 11.6. The predicted octanol–water partition coefficient (Wildman–Crippen LogP) is 2.12. The smallest absolute Gasteiger partial charge is 0.335 e. The molecule has 1 atom stereocenters. The zero-order valence-electron chi connectivity index (χ0n) is 11.8. The van der Waals surface area contributed by atoms with Gasteiger partial charge in [0.15, 0.2) is 0 Å². The number of rotatable bonds is 6. The quantitative estimate of drug-likeness (QED) is 0.752. The van der Waals surface area contributed by atoms with Crippen LogP contribution in [0.15, 0.2) is 24.3 Å². The number of urea groups is 1. The third-order valence-corrected chi connectivity index (χ3v) is 4.81. The first-order valence-corrected chi connectivity index (χ1v) is 8.15. The Kier molecular flexibility index (Phi) is 5.92. The van der Waals surface area contributed by atoms with E-state index in [-0.39, 0.29) is 11.6 Å². The third kappa shape index (κ3) is 5.30. The van der Waals surface area contributed by atoms with E-state index in [0.29, 0.717) is 18.2 Å². The van der Waals surface area contributed by atoms with Gasteiger partial charge in [0.25, 0.3) is 0 Å². The highest BCUT2D eigenvalue weighted by Gasteiger charge is 2.15. The molecular formula is C15H20N2O3S. The predicted molar refractivity (Wildman–Crippen MR) is 84.0 cm³/mol. The Morgan fingerprint density at radius 1 is 1.24 bits per heavy atom. The molecule has 114 valence electrons. The summed E-state index contributed by atoms with van der Waals surface area (Å²) < 4.78 is 0. The molecule has 6 heteroatoms. The second-order valence-corrected chi connectivity index (χ2v) is 6.43. The van der Waals surface area contributed by atoms with Crippen molar-refractivity contribution < 1.29 is 14.7 Å². The Morgan fingerprint density at radius 3 is 2.62 bits per heavy atom. The number of nitrogens with one attached hydrogen (secondary N) is 2. The number of amides is 2. The fraction of sp³-hybridized carbons (Fsp3) is 0.467. The molecule has 0 aromatic heterocycles. The number of hydrogen-bond donors (Lipinski definition) is 3. The Hall–Kier alpha value is -1.69. The molecule has 0 spiro atoms. The minimum atomic E-state index is -0.927. The van der Waals surface area contributed by atoms with Gasteiger partial charge in [0.05, 0.1) is 5.56 Å². The average molecular weight is 308 g/mol. The number of benzene rings is 1. The van der Waals surface area contributed by atoms with Crippen molar-refractivity contribution in [1.82, 2.24) is 10.6 Å². The summed E-state index contributed by atoms with van der Waals surface area (Å²) in [6, 6.07) is 6.57. The van der Waals surface area contributed by atoms with Gasteiger partial charge in [-0.2, -0.15) is 11.8 Å². The van der Waals surface area contributed by atoms with Crippen molar-refractivity contribution in [3.05, 3.63) is 35.4 Å². The molecule has 1 aliphatic heterocycles. The lowest BCUT2D eigenvalue weighted by Gasteiger charge is -2.11. The van der Waals surface area contributed by atoms with E-state index in [4.69, 9.17) is 5.11 Å². The molecule has 1 fully saturated rings. The van der Waals surface area contributed by atoms with E-state index in [2.05, 4.69) is 10.6 Å². The number of carbonyl (C=O) groups is 2. The van der Waals surface area contributed by atoms with Gasteiger partial charge in [-0.15, -0.1) is 0 Å². The number of aromatic carboxylic acids is 1. The molecule has 5 nitrogen and oxygen atoms in total. The van der Waals surface area contributed by atoms with Gasteiger partial charge < -0.3 is 15.7 Å². The molecular weight excluding hydrogens is 288 g/mol. The van der Waals surface area contributed by atoms with Crippen LogP contribution >= 0.6 is 11.8 Å². The molecule has 1 saturated heterocycles. The van der Waals surface area contributed by atoms with Crippen LogP contribution in [-0.2, 0) is 6.42 Å². The summed E-state index contributed by atoms with van der Waals surface area (Å²) in [7, 11) is 0. The Labute approximate surface area is 128 Å². The fourth-order valence-electron chi connectivity index (χ4n) is 2.21. The molecule has 21 heavy (non-hydrogen) atoms. The van der Waals surface area contributed by atoms with E-state index < -0.39 is 5.97 Å². The molecule has 2 amide bonds. The van der Waals surface area contributed by atoms with Crippen molar-refractivity contribution in [2.75, 3.05) is 18.8 Å². The number of carboxylic acids is 1. The number of hydrogen-bond acceptors (Lipinski definition) is 3. The molecule has 0 saturated carbocycles. The van der Waals surface area contributed by atoms with Gasteiger partial charge >= 0.3 is 12.0 Å². The number of thioether (sulfide) groups is 1. The third-order valence-electron chi connectivity index (χ3n) is 3.41. The lowest BCUT2D eigenvalue weighted by molar-refractivity contribution is 0.0697. The zero-order chi connectivity index (χ0) is 15.1. The van der Waals surface area contributed by atoms with Crippen molar-refractivity contribution in [3.8, 4) is 0 Å². The topological polar surface area (TPSA) is 78.4 Å². The van der Waals surface area contributed by atoms with Crippen molar-refractivity contribution in [3.63, 3.8) is 0 Å². The van der Waals surface area contributed by atoms with Crippen LogP contribution in [0.25, 0.3) is 0 Å². The van der Waals surface area contributed by atoms with Crippen LogP contribution in [0.5, 0.6) is 0 Å². The van der Waals surface area contributed by atoms with Crippen molar-refractivity contribution in [1.29, 1.82) is 0 Å². The van der Waals surface area contributed by atoms with E-state index in [9.17, 15) is 9.59 Å². The van der Waals surface area contributed by atoms with Gasteiger partial charge in [0.1, 0.15) is 0 Å². The van der Waals surface area contributed by atoms with Gasteiger partial charge in [-0.05, 0) is 42.7 Å². The van der Waals surface area contributed by atoms with Crippen LogP contribution in [0, 0.1) is 0 Å². The highest BCUT2D eigenvalue weighted by atomic mass is 32.2. The van der Waals surface area contributed by atoms with Crippen LogP contribution < -0.4 is 10.6 Å². The Bertz CT molecular complexity index is 484. The molecule has 1 heterocycles. The number of carbonyl (C=O) groups excluding carboxylic acids is 1. The summed E-state index contributed by atoms with van der Waals surface area (Å²) in [5.41, 5.74) is 1.28. The molecule has 0 radical (unpaired) electrons. The lowest BCUT2D eigenvalue weighted by Crippen LogP contribution is -2.39. The van der Waals surface area contributed by atoms with E-state index >= 15 is 0 Å². The summed E-state index contributed by atoms with van der Waals surface area (Å²) in [4.78, 5) is 22.4. The molecule has 1 unspecified atom stereocenters. The van der Waals surface area contributed by atoms with Crippen LogP contribution in [0.3, 0.4) is 0 Å². The zero-order valence-corrected chi connectivity index (χ0v) is 12.6. The molecule has 3 N–H and O–H groups in total. The summed E-state index contributed by atoms with van der Waals surface area (Å²) in [5, 5.41) is 15.1. The number of carboxylic acid groups (broad SMARTS) is 1. The lowest BCUT2D eigenvalue weighted by atomic mass is 10.1. The van der Waals surface area contributed by atoms with Gasteiger partial charge in [-0.25, -0.2) is 9.59 Å². The van der Waals surface area contributed by atoms with Crippen molar-refractivity contribution in [2.45, 2.75) is 24.5 Å². The van der Waals surface area contributed by atoms with E-state index in [0.717, 1.165) is 12.1 Å². The largest absolute Gasteiger partial charge is 0.478 e. The second kappa shape index (κ2) is 7.93. The Morgan fingerprint density at radius 2 is 2.00 bits per heavy atom. The normalized spacial score (nSPS) is 17.4. The van der Waals surface area contributed by atoms with Crippen molar-refractivity contribution >= 4 is 23.8 Å². The molecule has 1 aliphatic rings. The summed E-state index contributed by atoms with van der Waals surface area (Å²) >= 11 is 1.92. The summed E-state index contributed by atoms with van der Waals surface area (Å²) in [6.07, 6.45) is 3.11. The average Bonchev–Trinajstić information content (AvgIpc) is 2.99. The molecule has 0 aliphatic carbocycles. The monoisotopic (exact) mass is 308 g/mol. The highest BCUT2D eigenvalue weighted by Crippen LogP contribution is 2.25. The van der Waals surface area contributed by atoms with Gasteiger partial charge in [0, 0.05) is 18.3 Å². The van der Waals surface area contributed by atoms with E-state index in [1.165, 1.54) is 18.6 Å². The minimum absolute atomic E-state index is 0.135. The molecule has 1 aromatic carbocycles. The first-order chi connectivity index (χ1) is 10.1. The highest BCUT2D eigenvalue weighted by molar-refractivity contribution is 8.00. The van der Waals surface area contributed by atoms with E-state index in [1.54, 1.807) is 24.3 Å². The fourth-order valence-corrected chi connectivity index (χ4v) is 3.41. The SMILES string of the molecule is O=C(NCCc1ccc(C(=O)O)cc1)NCC1CCCS1. The van der Waals surface area contributed by atoms with Crippen LogP contribution in [0.4, 0.5) is 4.79 Å². The molecule has 0 bridgehead atoms. The minimum Gasteiger partial charge on any atom is -0.478 e.